The molecule has 0 bridgehead atoms. The van der Waals surface area contributed by atoms with Crippen LogP contribution < -0.4 is 10.2 Å². The number of anilines is 1. The van der Waals surface area contributed by atoms with Crippen LogP contribution in [0.2, 0.25) is 0 Å². The molecule has 1 saturated heterocycles. The number of nitrogens with one attached hydrogen (secondary N) is 1. The summed E-state index contributed by atoms with van der Waals surface area (Å²) in [6.07, 6.45) is 0. The van der Waals surface area contributed by atoms with Gasteiger partial charge in [0.1, 0.15) is 6.04 Å². The molecule has 1 aromatic carbocycles. The highest BCUT2D eigenvalue weighted by Crippen LogP contribution is 2.24. The first-order valence-corrected chi connectivity index (χ1v) is 7.27. The molecule has 2 atom stereocenters. The summed E-state index contributed by atoms with van der Waals surface area (Å²) in [5.41, 5.74) is 0.967. The normalized spacial score (nSPS) is 24.8. The number of rotatable bonds is 3. The van der Waals surface area contributed by atoms with Gasteiger partial charge in [-0.1, -0.05) is 15.9 Å². The average molecular weight is 326 g/mol. The Bertz CT molecular complexity index is 449. The van der Waals surface area contributed by atoms with Crippen LogP contribution in [-0.4, -0.2) is 50.1 Å². The summed E-state index contributed by atoms with van der Waals surface area (Å²) < 4.78 is 1.03. The molecule has 5 heteroatoms. The van der Waals surface area contributed by atoms with Crippen LogP contribution in [0.25, 0.3) is 0 Å². The Balaban J connectivity index is 2.25. The van der Waals surface area contributed by atoms with Crippen molar-refractivity contribution in [2.45, 2.75) is 19.0 Å². The molecule has 19 heavy (non-hydrogen) atoms. The highest BCUT2D eigenvalue weighted by molar-refractivity contribution is 9.10. The maximum atomic E-state index is 12.6. The number of nitrogens with zero attached hydrogens (tertiary/aromatic N) is 2. The van der Waals surface area contributed by atoms with Gasteiger partial charge in [0.2, 0.25) is 5.91 Å². The summed E-state index contributed by atoms with van der Waals surface area (Å²) in [5.74, 6) is 0.164. The lowest BCUT2D eigenvalue weighted by Gasteiger charge is -2.43. The van der Waals surface area contributed by atoms with Crippen molar-refractivity contribution in [3.8, 4) is 0 Å². The van der Waals surface area contributed by atoms with E-state index in [4.69, 9.17) is 0 Å². The molecule has 0 saturated carbocycles. The maximum Gasteiger partial charge on any atom is 0.245 e. The van der Waals surface area contributed by atoms with Gasteiger partial charge in [-0.3, -0.25) is 9.69 Å². The molecular weight excluding hydrogens is 306 g/mol. The zero-order valence-corrected chi connectivity index (χ0v) is 13.1. The van der Waals surface area contributed by atoms with Crippen LogP contribution in [0.15, 0.2) is 28.7 Å². The van der Waals surface area contributed by atoms with Crippen molar-refractivity contribution in [2.75, 3.05) is 32.1 Å². The van der Waals surface area contributed by atoms with E-state index in [0.29, 0.717) is 12.6 Å². The third-order valence-corrected chi connectivity index (χ3v) is 4.25. The number of carbonyl (C=O) groups excluding carboxylic acids is 1. The molecule has 2 rings (SSSR count). The third kappa shape index (κ3) is 2.99. The molecule has 0 spiro atoms. The predicted octanol–water partition coefficient (Wildman–Crippen LogP) is 1.70. The quantitative estimate of drug-likeness (QED) is 0.918. The Hall–Kier alpha value is -0.910. The molecule has 1 aliphatic heterocycles. The molecule has 4 nitrogen and oxygen atoms in total. The number of carbonyl (C=O) groups is 1. The Morgan fingerprint density at radius 3 is 2.58 bits per heavy atom. The van der Waals surface area contributed by atoms with Crippen LogP contribution in [0.5, 0.6) is 0 Å². The van der Waals surface area contributed by atoms with Crippen molar-refractivity contribution >= 4 is 27.5 Å². The van der Waals surface area contributed by atoms with Crippen LogP contribution in [0, 0.1) is 0 Å². The van der Waals surface area contributed by atoms with Crippen molar-refractivity contribution in [3.63, 3.8) is 0 Å². The summed E-state index contributed by atoms with van der Waals surface area (Å²) in [4.78, 5) is 16.6. The van der Waals surface area contributed by atoms with Crippen LogP contribution in [-0.2, 0) is 4.79 Å². The minimum atomic E-state index is -0.0996. The lowest BCUT2D eigenvalue weighted by molar-refractivity contribution is -0.126. The Kier molecular flexibility index (Phi) is 4.60. The van der Waals surface area contributed by atoms with Gasteiger partial charge in [0, 0.05) is 29.3 Å². The minimum absolute atomic E-state index is 0.0996. The second kappa shape index (κ2) is 6.03. The predicted molar refractivity (Wildman–Crippen MR) is 81.4 cm³/mol. The zero-order chi connectivity index (χ0) is 14.0. The van der Waals surface area contributed by atoms with Crippen molar-refractivity contribution in [2.24, 2.45) is 0 Å². The fourth-order valence-electron chi connectivity index (χ4n) is 2.42. The Morgan fingerprint density at radius 1 is 1.37 bits per heavy atom. The Morgan fingerprint density at radius 2 is 2.00 bits per heavy atom. The van der Waals surface area contributed by atoms with Gasteiger partial charge in [-0.25, -0.2) is 0 Å². The molecule has 1 fully saturated rings. The van der Waals surface area contributed by atoms with E-state index in [-0.39, 0.29) is 11.9 Å². The number of amides is 1. The SMILES string of the molecule is CNCC1C(=O)N(c2ccc(Br)cc2)CC(C)N1C. The summed E-state index contributed by atoms with van der Waals surface area (Å²) in [7, 11) is 3.90. The number of benzene rings is 1. The molecule has 2 unspecified atom stereocenters. The van der Waals surface area contributed by atoms with Gasteiger partial charge in [-0.05, 0) is 45.3 Å². The second-order valence-electron chi connectivity index (χ2n) is 5.01. The van der Waals surface area contributed by atoms with Gasteiger partial charge in [0.15, 0.2) is 0 Å². The van der Waals surface area contributed by atoms with Crippen LogP contribution in [0.4, 0.5) is 5.69 Å². The van der Waals surface area contributed by atoms with Gasteiger partial charge in [0.25, 0.3) is 0 Å². The third-order valence-electron chi connectivity index (χ3n) is 3.72. The number of hydrogen-bond donors (Lipinski definition) is 1. The molecule has 1 aromatic rings. The average Bonchev–Trinajstić information content (AvgIpc) is 2.40. The summed E-state index contributed by atoms with van der Waals surface area (Å²) >= 11 is 3.42. The zero-order valence-electron chi connectivity index (χ0n) is 11.6. The summed E-state index contributed by atoms with van der Waals surface area (Å²) in [6, 6.07) is 8.15. The van der Waals surface area contributed by atoms with E-state index in [0.717, 1.165) is 16.7 Å². The molecule has 0 aromatic heterocycles. The number of hydrogen-bond acceptors (Lipinski definition) is 3. The van der Waals surface area contributed by atoms with E-state index in [2.05, 4.69) is 33.1 Å². The number of halogens is 1. The fraction of sp³-hybridized carbons (Fsp3) is 0.500. The van der Waals surface area contributed by atoms with Gasteiger partial charge < -0.3 is 10.2 Å². The topological polar surface area (TPSA) is 35.6 Å². The molecule has 104 valence electrons. The summed E-state index contributed by atoms with van der Waals surface area (Å²) in [5, 5.41) is 3.10. The molecule has 0 radical (unpaired) electrons. The monoisotopic (exact) mass is 325 g/mol. The van der Waals surface area contributed by atoms with Crippen molar-refractivity contribution in [3.05, 3.63) is 28.7 Å². The van der Waals surface area contributed by atoms with E-state index >= 15 is 0 Å². The Labute approximate surface area is 122 Å². The molecule has 1 N–H and O–H groups in total. The molecule has 0 aliphatic carbocycles. The van der Waals surface area contributed by atoms with E-state index in [1.54, 1.807) is 0 Å². The van der Waals surface area contributed by atoms with Crippen molar-refractivity contribution in [1.82, 2.24) is 10.2 Å². The van der Waals surface area contributed by atoms with Gasteiger partial charge >= 0.3 is 0 Å². The lowest BCUT2D eigenvalue weighted by Crippen LogP contribution is -2.62. The summed E-state index contributed by atoms with van der Waals surface area (Å²) in [6.45, 7) is 3.56. The van der Waals surface area contributed by atoms with Crippen molar-refractivity contribution in [1.29, 1.82) is 0 Å². The first-order chi connectivity index (χ1) is 9.04. The highest BCUT2D eigenvalue weighted by atomic mass is 79.9. The first kappa shape index (κ1) is 14.5. The largest absolute Gasteiger partial charge is 0.318 e. The smallest absolute Gasteiger partial charge is 0.245 e. The van der Waals surface area contributed by atoms with E-state index < -0.39 is 0 Å². The van der Waals surface area contributed by atoms with Crippen LogP contribution in [0.3, 0.4) is 0 Å². The van der Waals surface area contributed by atoms with Crippen LogP contribution in [0.1, 0.15) is 6.92 Å². The standard InChI is InChI=1S/C14H20BrN3O/c1-10-9-18(12-6-4-11(15)5-7-12)14(19)13(8-16-2)17(10)3/h4-7,10,13,16H,8-9H2,1-3H3. The maximum absolute atomic E-state index is 12.6. The van der Waals surface area contributed by atoms with Crippen LogP contribution >= 0.6 is 15.9 Å². The van der Waals surface area contributed by atoms with E-state index in [1.807, 2.05) is 43.3 Å². The minimum Gasteiger partial charge on any atom is -0.318 e. The van der Waals surface area contributed by atoms with Gasteiger partial charge in [0.05, 0.1) is 0 Å². The van der Waals surface area contributed by atoms with Crippen molar-refractivity contribution < 1.29 is 4.79 Å². The number of likely N-dealkylation sites (N-methyl/N-ethyl adjacent to an activating group) is 2. The van der Waals surface area contributed by atoms with E-state index in [9.17, 15) is 4.79 Å². The molecule has 1 aliphatic rings. The van der Waals surface area contributed by atoms with Gasteiger partial charge in [-0.2, -0.15) is 0 Å². The second-order valence-corrected chi connectivity index (χ2v) is 5.93. The first-order valence-electron chi connectivity index (χ1n) is 6.48. The number of piperazine rings is 1. The lowest BCUT2D eigenvalue weighted by atomic mass is 10.1. The molecule has 1 amide bonds. The fourth-order valence-corrected chi connectivity index (χ4v) is 2.69. The molecule has 1 heterocycles. The highest BCUT2D eigenvalue weighted by Gasteiger charge is 2.36. The van der Waals surface area contributed by atoms with Gasteiger partial charge in [-0.15, -0.1) is 0 Å². The van der Waals surface area contributed by atoms with E-state index in [1.165, 1.54) is 0 Å². The molecular formula is C14H20BrN3O.